The minimum absolute atomic E-state index is 0.208. The molecule has 8 heteroatoms. The smallest absolute Gasteiger partial charge is 0.268 e. The van der Waals surface area contributed by atoms with E-state index in [-0.39, 0.29) is 5.56 Å². The Bertz CT molecular complexity index is 1180. The van der Waals surface area contributed by atoms with E-state index in [1.165, 1.54) is 22.7 Å². The fourth-order valence-corrected chi connectivity index (χ4v) is 3.52. The van der Waals surface area contributed by atoms with Crippen molar-refractivity contribution in [1.29, 1.82) is 5.26 Å². The third kappa shape index (κ3) is 2.96. The van der Waals surface area contributed by atoms with Gasteiger partial charge in [-0.25, -0.2) is 14.6 Å². The number of para-hydroxylation sites is 1. The van der Waals surface area contributed by atoms with Crippen LogP contribution in [0.3, 0.4) is 0 Å². The third-order valence-corrected chi connectivity index (χ3v) is 4.79. The molecule has 0 atom stereocenters. The van der Waals surface area contributed by atoms with Crippen LogP contribution in [0.4, 0.5) is 0 Å². The van der Waals surface area contributed by atoms with Gasteiger partial charge in [0.05, 0.1) is 22.5 Å². The summed E-state index contributed by atoms with van der Waals surface area (Å²) in [5.74, 6) is 0.885. The minimum atomic E-state index is -0.208. The van der Waals surface area contributed by atoms with E-state index >= 15 is 0 Å². The van der Waals surface area contributed by atoms with E-state index in [9.17, 15) is 4.79 Å². The van der Waals surface area contributed by atoms with Crippen molar-refractivity contribution in [1.82, 2.24) is 24.7 Å². The first kappa shape index (κ1) is 16.1. The van der Waals surface area contributed by atoms with Gasteiger partial charge in [0.25, 0.3) is 5.56 Å². The van der Waals surface area contributed by atoms with Gasteiger partial charge in [0.1, 0.15) is 6.33 Å². The summed E-state index contributed by atoms with van der Waals surface area (Å²) in [5.41, 5.74) is 1.99. The van der Waals surface area contributed by atoms with Crippen LogP contribution in [0, 0.1) is 11.3 Å². The summed E-state index contributed by atoms with van der Waals surface area (Å²) in [4.78, 5) is 21.7. The second kappa shape index (κ2) is 6.82. The number of hydrogen-bond donors (Lipinski definition) is 1. The van der Waals surface area contributed by atoms with Crippen LogP contribution in [0.2, 0.25) is 0 Å². The monoisotopic (exact) mass is 360 g/mol. The maximum absolute atomic E-state index is 12.9. The highest BCUT2D eigenvalue weighted by Crippen LogP contribution is 2.23. The topological polar surface area (TPSA) is 100 Å². The van der Waals surface area contributed by atoms with Crippen molar-refractivity contribution in [2.75, 3.05) is 0 Å². The van der Waals surface area contributed by atoms with Crippen LogP contribution < -0.4 is 5.56 Å². The zero-order chi connectivity index (χ0) is 17.9. The summed E-state index contributed by atoms with van der Waals surface area (Å²) in [6, 6.07) is 16.7. The maximum atomic E-state index is 12.9. The molecule has 0 fully saturated rings. The Labute approximate surface area is 152 Å². The van der Waals surface area contributed by atoms with Gasteiger partial charge in [-0.3, -0.25) is 4.79 Å². The van der Waals surface area contributed by atoms with E-state index in [1.54, 1.807) is 18.2 Å². The van der Waals surface area contributed by atoms with Gasteiger partial charge in [-0.15, -0.1) is 0 Å². The van der Waals surface area contributed by atoms with Gasteiger partial charge in [0, 0.05) is 5.75 Å². The largest absolute Gasteiger partial charge is 0.269 e. The molecule has 1 N–H and O–H groups in total. The molecule has 2 heterocycles. The zero-order valence-electron chi connectivity index (χ0n) is 13.5. The van der Waals surface area contributed by atoms with Crippen LogP contribution in [0.5, 0.6) is 0 Å². The molecule has 0 aliphatic carbocycles. The Balaban J connectivity index is 1.79. The van der Waals surface area contributed by atoms with Crippen molar-refractivity contribution < 1.29 is 0 Å². The normalized spacial score (nSPS) is 10.7. The molecule has 0 radical (unpaired) electrons. The van der Waals surface area contributed by atoms with Gasteiger partial charge < -0.3 is 0 Å². The highest BCUT2D eigenvalue weighted by molar-refractivity contribution is 7.98. The van der Waals surface area contributed by atoms with Crippen molar-refractivity contribution in [3.63, 3.8) is 0 Å². The summed E-state index contributed by atoms with van der Waals surface area (Å²) < 4.78 is 1.42. The van der Waals surface area contributed by atoms with E-state index in [0.29, 0.717) is 33.3 Å². The number of nitrogens with one attached hydrogen (secondary N) is 1. The van der Waals surface area contributed by atoms with E-state index in [2.05, 4.69) is 26.2 Å². The quantitative estimate of drug-likeness (QED) is 0.444. The highest BCUT2D eigenvalue weighted by atomic mass is 32.2. The molecule has 0 saturated heterocycles. The standard InChI is InChI=1S/C18H12N6OS/c19-9-12-4-3-5-13(8-12)10-26-18-22-15-7-2-1-6-14(15)16(25)24(18)17-20-11-21-23-17/h1-8,11H,10H2,(H,20,21,23). The molecule has 4 aromatic rings. The van der Waals surface area contributed by atoms with Gasteiger partial charge >= 0.3 is 0 Å². The lowest BCUT2D eigenvalue weighted by Crippen LogP contribution is -2.22. The summed E-state index contributed by atoms with van der Waals surface area (Å²) in [7, 11) is 0. The molecule has 2 aromatic heterocycles. The summed E-state index contributed by atoms with van der Waals surface area (Å²) in [6.07, 6.45) is 1.35. The molecule has 0 aliphatic heterocycles. The molecule has 0 saturated carbocycles. The van der Waals surface area contributed by atoms with Gasteiger partial charge in [-0.2, -0.15) is 15.3 Å². The molecule has 4 rings (SSSR count). The first-order chi connectivity index (χ1) is 12.8. The molecule has 0 aliphatic rings. The Kier molecular flexibility index (Phi) is 4.21. The first-order valence-electron chi connectivity index (χ1n) is 7.75. The summed E-state index contributed by atoms with van der Waals surface area (Å²) in [6.45, 7) is 0. The lowest BCUT2D eigenvalue weighted by molar-refractivity contribution is 0.771. The Morgan fingerprint density at radius 2 is 2.08 bits per heavy atom. The van der Waals surface area contributed by atoms with Gasteiger partial charge in [-0.1, -0.05) is 36.0 Å². The molecule has 0 bridgehead atoms. The number of thioether (sulfide) groups is 1. The van der Waals surface area contributed by atoms with Crippen molar-refractivity contribution in [2.45, 2.75) is 10.9 Å². The zero-order valence-corrected chi connectivity index (χ0v) is 14.3. The van der Waals surface area contributed by atoms with Crippen molar-refractivity contribution >= 4 is 22.7 Å². The van der Waals surface area contributed by atoms with Crippen molar-refractivity contribution in [2.24, 2.45) is 0 Å². The molecule has 126 valence electrons. The average molecular weight is 360 g/mol. The summed E-state index contributed by atoms with van der Waals surface area (Å²) in [5, 5.41) is 16.6. The molecule has 7 nitrogen and oxygen atoms in total. The number of benzene rings is 2. The van der Waals surface area contributed by atoms with Crippen LogP contribution in [0.25, 0.3) is 16.9 Å². The molecular weight excluding hydrogens is 348 g/mol. The van der Waals surface area contributed by atoms with Gasteiger partial charge in [0.2, 0.25) is 5.95 Å². The Morgan fingerprint density at radius 3 is 2.88 bits per heavy atom. The number of rotatable bonds is 4. The van der Waals surface area contributed by atoms with Crippen LogP contribution in [-0.2, 0) is 5.75 Å². The van der Waals surface area contributed by atoms with E-state index in [4.69, 9.17) is 5.26 Å². The highest BCUT2D eigenvalue weighted by Gasteiger charge is 2.15. The van der Waals surface area contributed by atoms with Crippen molar-refractivity contribution in [3.05, 3.63) is 76.3 Å². The van der Waals surface area contributed by atoms with Crippen molar-refractivity contribution in [3.8, 4) is 12.0 Å². The predicted molar refractivity (Wildman–Crippen MR) is 98.0 cm³/mol. The molecule has 26 heavy (non-hydrogen) atoms. The molecular formula is C18H12N6OS. The Hall–Kier alpha value is -3.44. The second-order valence-corrected chi connectivity index (χ2v) is 6.40. The fourth-order valence-electron chi connectivity index (χ4n) is 2.58. The molecule has 0 unspecified atom stereocenters. The molecule has 0 spiro atoms. The van der Waals surface area contributed by atoms with Crippen LogP contribution in [-0.4, -0.2) is 24.7 Å². The number of aromatic amines is 1. The number of fused-ring (bicyclic) bond motifs is 1. The number of aromatic nitrogens is 5. The lowest BCUT2D eigenvalue weighted by Gasteiger charge is -2.10. The number of nitriles is 1. The SMILES string of the molecule is N#Cc1cccc(CSc2nc3ccccc3c(=O)n2-c2ncn[nH]2)c1. The predicted octanol–water partition coefficient (Wildman–Crippen LogP) is 2.67. The first-order valence-corrected chi connectivity index (χ1v) is 8.74. The van der Waals surface area contributed by atoms with Crippen LogP contribution in [0.1, 0.15) is 11.1 Å². The Morgan fingerprint density at radius 1 is 1.19 bits per heavy atom. The van der Waals surface area contributed by atoms with Gasteiger partial charge in [-0.05, 0) is 29.8 Å². The minimum Gasteiger partial charge on any atom is -0.268 e. The third-order valence-electron chi connectivity index (χ3n) is 3.78. The average Bonchev–Trinajstić information content (AvgIpc) is 3.21. The fraction of sp³-hybridized carbons (Fsp3) is 0.0556. The number of nitrogens with zero attached hydrogens (tertiary/aromatic N) is 5. The number of hydrogen-bond acceptors (Lipinski definition) is 6. The van der Waals surface area contributed by atoms with Gasteiger partial charge in [0.15, 0.2) is 5.16 Å². The van der Waals surface area contributed by atoms with E-state index in [0.717, 1.165) is 5.56 Å². The lowest BCUT2D eigenvalue weighted by atomic mass is 10.2. The van der Waals surface area contributed by atoms with E-state index in [1.807, 2.05) is 30.3 Å². The number of H-pyrrole nitrogens is 1. The van der Waals surface area contributed by atoms with Crippen LogP contribution in [0.15, 0.2) is 64.8 Å². The van der Waals surface area contributed by atoms with Crippen LogP contribution >= 0.6 is 11.8 Å². The molecule has 2 aromatic carbocycles. The summed E-state index contributed by atoms with van der Waals surface area (Å²) >= 11 is 1.40. The molecule has 0 amide bonds. The van der Waals surface area contributed by atoms with E-state index < -0.39 is 0 Å². The maximum Gasteiger partial charge on any atom is 0.269 e. The second-order valence-electron chi connectivity index (χ2n) is 5.46.